The maximum absolute atomic E-state index is 12.8. The average Bonchev–Trinajstić information content (AvgIpc) is 2.34. The first-order valence-corrected chi connectivity index (χ1v) is 6.33. The number of hydrogen-bond acceptors (Lipinski definition) is 2. The van der Waals surface area contributed by atoms with Crippen molar-refractivity contribution in [3.8, 4) is 0 Å². The molecule has 0 spiro atoms. The fraction of sp³-hybridized carbons (Fsp3) is 0.571. The predicted molar refractivity (Wildman–Crippen MR) is 70.4 cm³/mol. The molecule has 1 heterocycles. The van der Waals surface area contributed by atoms with Gasteiger partial charge in [0.1, 0.15) is 6.54 Å². The highest BCUT2D eigenvalue weighted by Crippen LogP contribution is 2.32. The zero-order valence-electron chi connectivity index (χ0n) is 11.4. The summed E-state index contributed by atoms with van der Waals surface area (Å²) in [5.41, 5.74) is 2.19. The fourth-order valence-corrected chi connectivity index (χ4v) is 2.61. The van der Waals surface area contributed by atoms with Crippen molar-refractivity contribution in [1.29, 1.82) is 0 Å². The fourth-order valence-electron chi connectivity index (χ4n) is 2.61. The molecule has 0 fully saturated rings. The number of fused-ring (bicyclic) bond motifs is 1. The van der Waals surface area contributed by atoms with Crippen LogP contribution >= 0.6 is 0 Å². The van der Waals surface area contributed by atoms with Crippen molar-refractivity contribution in [2.75, 3.05) is 18.0 Å². The van der Waals surface area contributed by atoms with Crippen molar-refractivity contribution < 1.29 is 13.2 Å². The van der Waals surface area contributed by atoms with Crippen LogP contribution in [-0.4, -0.2) is 24.8 Å². The summed E-state index contributed by atoms with van der Waals surface area (Å²) in [6.45, 7) is 5.74. The summed E-state index contributed by atoms with van der Waals surface area (Å²) in [7, 11) is 0. The molecule has 1 aliphatic heterocycles. The molecule has 19 heavy (non-hydrogen) atoms. The Labute approximate surface area is 111 Å². The summed E-state index contributed by atoms with van der Waals surface area (Å²) in [5.74, 6) is 0. The van der Waals surface area contributed by atoms with Crippen LogP contribution in [0.5, 0.6) is 0 Å². The van der Waals surface area contributed by atoms with E-state index in [1.165, 1.54) is 4.90 Å². The Hall–Kier alpha value is -1.23. The van der Waals surface area contributed by atoms with E-state index in [4.69, 9.17) is 0 Å². The highest BCUT2D eigenvalue weighted by molar-refractivity contribution is 5.60. The number of hydrogen-bond donors (Lipinski definition) is 1. The first kappa shape index (κ1) is 14.2. The number of benzene rings is 1. The summed E-state index contributed by atoms with van der Waals surface area (Å²) in [6, 6.07) is 5.64. The summed E-state index contributed by atoms with van der Waals surface area (Å²) < 4.78 is 38.4. The van der Waals surface area contributed by atoms with Gasteiger partial charge in [-0.25, -0.2) is 0 Å². The summed E-state index contributed by atoms with van der Waals surface area (Å²) in [4.78, 5) is 1.45. The van der Waals surface area contributed by atoms with Crippen LogP contribution in [-0.2, 0) is 6.54 Å². The lowest BCUT2D eigenvalue weighted by atomic mass is 10.1. The second-order valence-electron chi connectivity index (χ2n) is 5.79. The molecule has 0 radical (unpaired) electrons. The number of para-hydroxylation sites is 1. The summed E-state index contributed by atoms with van der Waals surface area (Å²) in [6.07, 6.45) is -4.19. The largest absolute Gasteiger partial charge is 0.405 e. The number of nitrogens with one attached hydrogen (secondary N) is 1. The molecular weight excluding hydrogens is 253 g/mol. The minimum Gasteiger partial charge on any atom is -0.360 e. The van der Waals surface area contributed by atoms with E-state index in [9.17, 15) is 13.2 Å². The molecule has 0 saturated heterocycles. The number of alkyl halides is 3. The maximum atomic E-state index is 12.8. The van der Waals surface area contributed by atoms with Gasteiger partial charge in [0.25, 0.3) is 0 Å². The molecular formula is C14H19F3N2. The van der Waals surface area contributed by atoms with Crippen LogP contribution in [0.3, 0.4) is 0 Å². The van der Waals surface area contributed by atoms with Crippen LogP contribution in [0, 0.1) is 6.92 Å². The van der Waals surface area contributed by atoms with E-state index in [1.54, 1.807) is 0 Å². The van der Waals surface area contributed by atoms with Gasteiger partial charge in [-0.2, -0.15) is 13.2 Å². The van der Waals surface area contributed by atoms with Crippen LogP contribution < -0.4 is 10.2 Å². The van der Waals surface area contributed by atoms with E-state index in [-0.39, 0.29) is 5.54 Å². The standard InChI is InChI=1S/C14H19F3N2/c1-10-5-4-6-11-7-18-13(2,3)8-19(12(10)11)9-14(15,16)17/h4-6,18H,7-9H2,1-3H3. The van der Waals surface area contributed by atoms with Crippen molar-refractivity contribution in [2.45, 2.75) is 39.0 Å². The molecule has 106 valence electrons. The van der Waals surface area contributed by atoms with Crippen LogP contribution in [0.15, 0.2) is 18.2 Å². The third-order valence-corrected chi connectivity index (χ3v) is 3.35. The van der Waals surface area contributed by atoms with Crippen LogP contribution in [0.2, 0.25) is 0 Å². The number of aryl methyl sites for hydroxylation is 1. The van der Waals surface area contributed by atoms with Gasteiger partial charge in [-0.3, -0.25) is 0 Å². The topological polar surface area (TPSA) is 15.3 Å². The molecule has 2 nitrogen and oxygen atoms in total. The third-order valence-electron chi connectivity index (χ3n) is 3.35. The van der Waals surface area contributed by atoms with Gasteiger partial charge < -0.3 is 10.2 Å². The van der Waals surface area contributed by atoms with E-state index < -0.39 is 12.7 Å². The van der Waals surface area contributed by atoms with Crippen molar-refractivity contribution in [3.63, 3.8) is 0 Å². The number of nitrogens with zero attached hydrogens (tertiary/aromatic N) is 1. The first-order valence-electron chi connectivity index (χ1n) is 6.33. The molecule has 0 unspecified atom stereocenters. The van der Waals surface area contributed by atoms with Gasteiger partial charge >= 0.3 is 6.18 Å². The Bertz CT molecular complexity index is 466. The Kier molecular flexibility index (Phi) is 3.51. The van der Waals surface area contributed by atoms with Gasteiger partial charge in [-0.1, -0.05) is 18.2 Å². The van der Waals surface area contributed by atoms with Crippen LogP contribution in [0.25, 0.3) is 0 Å². The van der Waals surface area contributed by atoms with Gasteiger partial charge in [-0.05, 0) is 31.9 Å². The monoisotopic (exact) mass is 272 g/mol. The van der Waals surface area contributed by atoms with E-state index in [2.05, 4.69) is 5.32 Å². The Morgan fingerprint density at radius 1 is 1.32 bits per heavy atom. The molecule has 1 N–H and O–H groups in total. The molecule has 2 rings (SSSR count). The van der Waals surface area contributed by atoms with Crippen LogP contribution in [0.1, 0.15) is 25.0 Å². The lowest BCUT2D eigenvalue weighted by molar-refractivity contribution is -0.120. The lowest BCUT2D eigenvalue weighted by Gasteiger charge is -2.33. The minimum absolute atomic E-state index is 0.338. The molecule has 5 heteroatoms. The quantitative estimate of drug-likeness (QED) is 0.844. The van der Waals surface area contributed by atoms with Crippen molar-refractivity contribution in [1.82, 2.24) is 5.32 Å². The molecule has 0 saturated carbocycles. The second kappa shape index (κ2) is 4.71. The SMILES string of the molecule is Cc1cccc2c1N(CC(F)(F)F)CC(C)(C)NC2. The molecule has 0 amide bonds. The first-order chi connectivity index (χ1) is 8.68. The number of halogens is 3. The zero-order chi connectivity index (χ0) is 14.3. The van der Waals surface area contributed by atoms with Crippen molar-refractivity contribution in [3.05, 3.63) is 29.3 Å². The average molecular weight is 272 g/mol. The number of anilines is 1. The molecule has 1 aliphatic rings. The smallest absolute Gasteiger partial charge is 0.360 e. The Morgan fingerprint density at radius 2 is 2.00 bits per heavy atom. The van der Waals surface area contributed by atoms with E-state index in [0.717, 1.165) is 16.8 Å². The van der Waals surface area contributed by atoms with Gasteiger partial charge in [-0.15, -0.1) is 0 Å². The van der Waals surface area contributed by atoms with E-state index >= 15 is 0 Å². The zero-order valence-corrected chi connectivity index (χ0v) is 11.4. The second-order valence-corrected chi connectivity index (χ2v) is 5.79. The third kappa shape index (κ3) is 3.41. The highest BCUT2D eigenvalue weighted by Gasteiger charge is 2.36. The molecule has 1 aromatic rings. The predicted octanol–water partition coefficient (Wildman–Crippen LogP) is 3.25. The minimum atomic E-state index is -4.19. The van der Waals surface area contributed by atoms with Gasteiger partial charge in [0.2, 0.25) is 0 Å². The van der Waals surface area contributed by atoms with Crippen molar-refractivity contribution >= 4 is 5.69 Å². The highest BCUT2D eigenvalue weighted by atomic mass is 19.4. The molecule has 1 aromatic carbocycles. The van der Waals surface area contributed by atoms with Gasteiger partial charge in [0.15, 0.2) is 0 Å². The van der Waals surface area contributed by atoms with E-state index in [1.807, 2.05) is 39.0 Å². The Balaban J connectivity index is 2.43. The van der Waals surface area contributed by atoms with Crippen molar-refractivity contribution in [2.24, 2.45) is 0 Å². The summed E-state index contributed by atoms with van der Waals surface area (Å²) >= 11 is 0. The van der Waals surface area contributed by atoms with Crippen LogP contribution in [0.4, 0.5) is 18.9 Å². The summed E-state index contributed by atoms with van der Waals surface area (Å²) in [5, 5.41) is 3.31. The molecule has 0 aliphatic carbocycles. The molecule has 0 atom stereocenters. The lowest BCUT2D eigenvalue weighted by Crippen LogP contribution is -2.49. The number of rotatable bonds is 1. The van der Waals surface area contributed by atoms with Gasteiger partial charge in [0, 0.05) is 24.3 Å². The maximum Gasteiger partial charge on any atom is 0.405 e. The normalized spacial score (nSPS) is 18.9. The van der Waals surface area contributed by atoms with E-state index in [0.29, 0.717) is 13.1 Å². The Morgan fingerprint density at radius 3 is 2.63 bits per heavy atom. The molecule has 0 aromatic heterocycles. The molecule has 0 bridgehead atoms. The van der Waals surface area contributed by atoms with Gasteiger partial charge in [0.05, 0.1) is 0 Å².